The number of barbiturate groups is 1. The molecule has 0 atom stereocenters. The topological polar surface area (TPSA) is 105 Å². The third-order valence-electron chi connectivity index (χ3n) is 5.26. The number of rotatable bonds is 6. The molecule has 0 saturated carbocycles. The summed E-state index contributed by atoms with van der Waals surface area (Å²) in [5.41, 5.74) is 1.73. The zero-order chi connectivity index (χ0) is 25.8. The van der Waals surface area contributed by atoms with Gasteiger partial charge in [0.25, 0.3) is 17.7 Å². The molecule has 1 aliphatic rings. The Balaban J connectivity index is 1.51. The van der Waals surface area contributed by atoms with Gasteiger partial charge in [0.2, 0.25) is 0 Å². The van der Waals surface area contributed by atoms with Crippen molar-refractivity contribution in [1.29, 1.82) is 0 Å². The van der Waals surface area contributed by atoms with Gasteiger partial charge >= 0.3 is 6.03 Å². The number of urea groups is 1. The fraction of sp³-hybridized carbons (Fsp3) is 0.0769. The van der Waals surface area contributed by atoms with Gasteiger partial charge in [-0.25, -0.2) is 9.69 Å². The van der Waals surface area contributed by atoms with Crippen molar-refractivity contribution in [3.63, 3.8) is 0 Å². The van der Waals surface area contributed by atoms with Gasteiger partial charge in [0, 0.05) is 10.7 Å². The summed E-state index contributed by atoms with van der Waals surface area (Å²) in [7, 11) is 0. The van der Waals surface area contributed by atoms with Crippen LogP contribution in [-0.4, -0.2) is 30.4 Å². The largest absolute Gasteiger partial charge is 0.483 e. The van der Waals surface area contributed by atoms with Crippen molar-refractivity contribution in [1.82, 2.24) is 5.32 Å². The van der Waals surface area contributed by atoms with Crippen LogP contribution in [-0.2, 0) is 14.4 Å². The highest BCUT2D eigenvalue weighted by molar-refractivity contribution is 9.10. The second kappa shape index (κ2) is 10.8. The lowest BCUT2D eigenvalue weighted by molar-refractivity contribution is -0.122. The number of para-hydroxylation sites is 1. The normalized spacial score (nSPS) is 14.6. The van der Waals surface area contributed by atoms with Crippen LogP contribution >= 0.6 is 27.5 Å². The average Bonchev–Trinajstić information content (AvgIpc) is 2.84. The highest BCUT2D eigenvalue weighted by Crippen LogP contribution is 2.31. The van der Waals surface area contributed by atoms with Crippen molar-refractivity contribution in [2.75, 3.05) is 16.8 Å². The summed E-state index contributed by atoms with van der Waals surface area (Å²) in [5, 5.41) is 5.30. The van der Waals surface area contributed by atoms with E-state index in [1.54, 1.807) is 55.5 Å². The molecule has 3 aromatic carbocycles. The Kier molecular flexibility index (Phi) is 7.52. The third-order valence-corrected chi connectivity index (χ3v) is 6.29. The zero-order valence-electron chi connectivity index (χ0n) is 18.9. The van der Waals surface area contributed by atoms with Gasteiger partial charge in [-0.2, -0.15) is 0 Å². The summed E-state index contributed by atoms with van der Waals surface area (Å²) in [5.74, 6) is -1.52. The van der Waals surface area contributed by atoms with Crippen LogP contribution in [0.2, 0.25) is 5.02 Å². The van der Waals surface area contributed by atoms with Crippen molar-refractivity contribution in [2.24, 2.45) is 0 Å². The molecule has 1 saturated heterocycles. The number of carbonyl (C=O) groups is 4. The molecule has 3 aromatic rings. The first-order valence-electron chi connectivity index (χ1n) is 10.7. The van der Waals surface area contributed by atoms with Crippen LogP contribution in [0.4, 0.5) is 16.2 Å². The van der Waals surface area contributed by atoms with E-state index >= 15 is 0 Å². The number of nitrogens with zero attached hydrogens (tertiary/aromatic N) is 1. The number of ether oxygens (including phenoxy) is 1. The van der Waals surface area contributed by atoms with Gasteiger partial charge in [0.15, 0.2) is 6.61 Å². The van der Waals surface area contributed by atoms with Gasteiger partial charge < -0.3 is 10.1 Å². The number of halogens is 2. The first kappa shape index (κ1) is 25.2. The molecule has 4 rings (SSSR count). The molecule has 0 unspecified atom stereocenters. The van der Waals surface area contributed by atoms with E-state index in [0.717, 1.165) is 4.90 Å². The summed E-state index contributed by atoms with van der Waals surface area (Å²) in [6, 6.07) is 17.8. The first-order valence-corrected chi connectivity index (χ1v) is 11.9. The standard InChI is InChI=1S/C26H19BrClN3O5/c1-15-20(28)8-5-9-21(15)31-25(34)18(24(33)30-26(31)35)12-16-10-11-22(19(27)13-16)36-14-23(32)29-17-6-3-2-4-7-17/h2-13H,14H2,1H3,(H,29,32)(H,30,33,35)/b18-12+. The molecular weight excluding hydrogens is 550 g/mol. The van der Waals surface area contributed by atoms with Crippen LogP contribution < -0.4 is 20.3 Å². The van der Waals surface area contributed by atoms with E-state index in [1.807, 2.05) is 18.2 Å². The van der Waals surface area contributed by atoms with Crippen molar-refractivity contribution >= 4 is 68.7 Å². The van der Waals surface area contributed by atoms with Gasteiger partial charge in [0.05, 0.1) is 10.2 Å². The van der Waals surface area contributed by atoms with Crippen LogP contribution in [0.15, 0.2) is 76.8 Å². The van der Waals surface area contributed by atoms with Gasteiger partial charge in [0.1, 0.15) is 11.3 Å². The molecule has 0 radical (unpaired) electrons. The molecule has 0 spiro atoms. The Morgan fingerprint density at radius 3 is 2.56 bits per heavy atom. The number of anilines is 2. The summed E-state index contributed by atoms with van der Waals surface area (Å²) in [6.07, 6.45) is 1.37. The van der Waals surface area contributed by atoms with Gasteiger partial charge in [-0.05, 0) is 76.5 Å². The highest BCUT2D eigenvalue weighted by Gasteiger charge is 2.37. The lowest BCUT2D eigenvalue weighted by atomic mass is 10.1. The quantitative estimate of drug-likeness (QED) is 0.318. The van der Waals surface area contributed by atoms with E-state index in [4.69, 9.17) is 16.3 Å². The second-order valence-electron chi connectivity index (χ2n) is 7.73. The van der Waals surface area contributed by atoms with Crippen molar-refractivity contribution < 1.29 is 23.9 Å². The second-order valence-corrected chi connectivity index (χ2v) is 9.00. The number of carbonyl (C=O) groups excluding carboxylic acids is 4. The van der Waals surface area contributed by atoms with Gasteiger partial charge in [-0.1, -0.05) is 41.9 Å². The molecule has 2 N–H and O–H groups in total. The number of hydrogen-bond acceptors (Lipinski definition) is 5. The minimum Gasteiger partial charge on any atom is -0.483 e. The van der Waals surface area contributed by atoms with E-state index in [9.17, 15) is 19.2 Å². The Morgan fingerprint density at radius 1 is 1.08 bits per heavy atom. The third kappa shape index (κ3) is 5.48. The molecule has 36 heavy (non-hydrogen) atoms. The SMILES string of the molecule is Cc1c(Cl)cccc1N1C(=O)NC(=O)/C(=C\c2ccc(OCC(=O)Nc3ccccc3)c(Br)c2)C1=O. The molecular formula is C26H19BrClN3O5. The minimum atomic E-state index is -0.855. The number of imide groups is 2. The van der Waals surface area contributed by atoms with E-state index in [0.29, 0.717) is 32.1 Å². The molecule has 5 amide bonds. The lowest BCUT2D eigenvalue weighted by Crippen LogP contribution is -2.54. The Morgan fingerprint density at radius 2 is 1.83 bits per heavy atom. The van der Waals surface area contributed by atoms with Crippen LogP contribution in [0.25, 0.3) is 6.08 Å². The predicted molar refractivity (Wildman–Crippen MR) is 140 cm³/mol. The van der Waals surface area contributed by atoms with Crippen LogP contribution in [0, 0.1) is 6.92 Å². The monoisotopic (exact) mass is 567 g/mol. The average molecular weight is 569 g/mol. The number of nitrogens with one attached hydrogen (secondary N) is 2. The van der Waals surface area contributed by atoms with Crippen molar-refractivity contribution in [3.05, 3.63) is 92.9 Å². The lowest BCUT2D eigenvalue weighted by Gasteiger charge is -2.27. The Hall–Kier alpha value is -3.95. The highest BCUT2D eigenvalue weighted by atomic mass is 79.9. The number of hydrogen-bond donors (Lipinski definition) is 2. The summed E-state index contributed by atoms with van der Waals surface area (Å²) < 4.78 is 6.09. The minimum absolute atomic E-state index is 0.217. The predicted octanol–water partition coefficient (Wildman–Crippen LogP) is 5.09. The molecule has 0 aliphatic carbocycles. The van der Waals surface area contributed by atoms with E-state index < -0.39 is 17.8 Å². The zero-order valence-corrected chi connectivity index (χ0v) is 21.2. The van der Waals surface area contributed by atoms with E-state index in [2.05, 4.69) is 26.6 Å². The summed E-state index contributed by atoms with van der Waals surface area (Å²) in [4.78, 5) is 51.1. The van der Waals surface area contributed by atoms with E-state index in [1.165, 1.54) is 6.08 Å². The molecule has 0 bridgehead atoms. The fourth-order valence-corrected chi connectivity index (χ4v) is 4.15. The molecule has 182 valence electrons. The molecule has 1 fully saturated rings. The van der Waals surface area contributed by atoms with Crippen LogP contribution in [0.3, 0.4) is 0 Å². The Labute approximate surface area is 220 Å². The maximum atomic E-state index is 13.1. The van der Waals surface area contributed by atoms with Gasteiger partial charge in [-0.15, -0.1) is 0 Å². The molecule has 1 heterocycles. The fourth-order valence-electron chi connectivity index (χ4n) is 3.47. The molecule has 0 aromatic heterocycles. The van der Waals surface area contributed by atoms with Crippen molar-refractivity contribution in [2.45, 2.75) is 6.92 Å². The van der Waals surface area contributed by atoms with Crippen LogP contribution in [0.5, 0.6) is 5.75 Å². The summed E-state index contributed by atoms with van der Waals surface area (Å²) >= 11 is 9.53. The maximum Gasteiger partial charge on any atom is 0.335 e. The summed E-state index contributed by atoms with van der Waals surface area (Å²) in [6.45, 7) is 1.46. The van der Waals surface area contributed by atoms with Crippen LogP contribution in [0.1, 0.15) is 11.1 Å². The smallest absolute Gasteiger partial charge is 0.335 e. The number of amides is 5. The van der Waals surface area contributed by atoms with Gasteiger partial charge in [-0.3, -0.25) is 19.7 Å². The van der Waals surface area contributed by atoms with Crippen molar-refractivity contribution in [3.8, 4) is 5.75 Å². The molecule has 8 nitrogen and oxygen atoms in total. The molecule has 10 heteroatoms. The van der Waals surface area contributed by atoms with E-state index in [-0.39, 0.29) is 23.8 Å². The number of benzene rings is 3. The molecule has 1 aliphatic heterocycles. The first-order chi connectivity index (χ1) is 17.2. The Bertz CT molecular complexity index is 1410. The maximum absolute atomic E-state index is 13.1.